The second-order valence-electron chi connectivity index (χ2n) is 11.7. The van der Waals surface area contributed by atoms with E-state index in [0.717, 1.165) is 30.6 Å². The molecule has 1 N–H and O–H groups in total. The summed E-state index contributed by atoms with van der Waals surface area (Å²) in [4.78, 5) is 57.0. The van der Waals surface area contributed by atoms with Gasteiger partial charge in [-0.25, -0.2) is 0 Å². The predicted octanol–water partition coefficient (Wildman–Crippen LogP) is 4.22. The van der Waals surface area contributed by atoms with E-state index in [0.29, 0.717) is 38.0 Å². The zero-order chi connectivity index (χ0) is 29.4. The number of fused-ring (bicyclic) bond motifs is 2. The molecule has 0 saturated carbocycles. The van der Waals surface area contributed by atoms with Gasteiger partial charge in [0.05, 0.1) is 6.04 Å². The summed E-state index contributed by atoms with van der Waals surface area (Å²) >= 11 is 0. The van der Waals surface area contributed by atoms with Crippen LogP contribution >= 0.6 is 0 Å². The van der Waals surface area contributed by atoms with Crippen LogP contribution in [0.2, 0.25) is 0 Å². The molecule has 0 aliphatic carbocycles. The zero-order valence-electron chi connectivity index (χ0n) is 24.3. The van der Waals surface area contributed by atoms with Crippen LogP contribution in [0.25, 0.3) is 10.8 Å². The van der Waals surface area contributed by atoms with Gasteiger partial charge in [-0.2, -0.15) is 0 Å². The summed E-state index contributed by atoms with van der Waals surface area (Å²) in [6.45, 7) is 7.29. The number of imide groups is 1. The Balaban J connectivity index is 1.22. The third kappa shape index (κ3) is 5.31. The molecule has 2 fully saturated rings. The highest BCUT2D eigenvalue weighted by Gasteiger charge is 2.40. The van der Waals surface area contributed by atoms with Gasteiger partial charge in [0.1, 0.15) is 6.04 Å². The van der Waals surface area contributed by atoms with Crippen molar-refractivity contribution in [3.05, 3.63) is 82.9 Å². The monoisotopic (exact) mass is 566 g/mol. The Morgan fingerprint density at radius 3 is 2.50 bits per heavy atom. The summed E-state index contributed by atoms with van der Waals surface area (Å²) < 4.78 is 0. The molecule has 3 aliphatic rings. The average molecular weight is 567 g/mol. The molecular formula is C34H38N4O4. The molecule has 3 aromatic carbocycles. The minimum Gasteiger partial charge on any atom is -0.342 e. The maximum absolute atomic E-state index is 13.8. The zero-order valence-corrected chi connectivity index (χ0v) is 24.3. The standard InChI is InChI=1S/C34H38N4O4/c1-3-36(4-2)34(42)30-19-26(15-16-37(30)20-22-9-10-23-7-5-6-8-24(23)17-22)25-11-12-28-27(18-25)21-38(33(28)41)29-13-14-31(39)35-32(29)40/h5-12,17-18,26,29-30H,3-4,13-16,19-21H2,1-2H3,(H,35,39,40). The van der Waals surface area contributed by atoms with Gasteiger partial charge in [0.25, 0.3) is 5.91 Å². The number of likely N-dealkylation sites (tertiary alicyclic amines) is 1. The van der Waals surface area contributed by atoms with Crippen LogP contribution in [0.5, 0.6) is 0 Å². The summed E-state index contributed by atoms with van der Waals surface area (Å²) in [5, 5.41) is 4.78. The van der Waals surface area contributed by atoms with Crippen molar-refractivity contribution in [1.29, 1.82) is 0 Å². The van der Waals surface area contributed by atoms with Gasteiger partial charge in [0, 0.05) is 38.2 Å². The Hall–Kier alpha value is -4.04. The van der Waals surface area contributed by atoms with Crippen molar-refractivity contribution < 1.29 is 19.2 Å². The van der Waals surface area contributed by atoms with E-state index in [1.54, 1.807) is 4.90 Å². The molecular weight excluding hydrogens is 528 g/mol. The normalized spacial score (nSPS) is 22.8. The third-order valence-corrected chi connectivity index (χ3v) is 9.29. The summed E-state index contributed by atoms with van der Waals surface area (Å²) in [6, 6.07) is 20.0. The highest BCUT2D eigenvalue weighted by molar-refractivity contribution is 6.05. The summed E-state index contributed by atoms with van der Waals surface area (Å²) in [7, 11) is 0. The molecule has 8 heteroatoms. The number of amides is 4. The number of likely N-dealkylation sites (N-methyl/N-ethyl adjacent to an activating group) is 1. The van der Waals surface area contributed by atoms with Crippen LogP contribution < -0.4 is 5.32 Å². The molecule has 42 heavy (non-hydrogen) atoms. The van der Waals surface area contributed by atoms with Gasteiger partial charge in [-0.3, -0.25) is 29.4 Å². The van der Waals surface area contributed by atoms with Gasteiger partial charge in [-0.1, -0.05) is 48.5 Å². The molecule has 3 aliphatic heterocycles. The lowest BCUT2D eigenvalue weighted by Gasteiger charge is -2.41. The topological polar surface area (TPSA) is 90.0 Å². The molecule has 0 bridgehead atoms. The first-order valence-corrected chi connectivity index (χ1v) is 15.1. The summed E-state index contributed by atoms with van der Waals surface area (Å²) in [5.41, 5.74) is 3.86. The predicted molar refractivity (Wildman–Crippen MR) is 161 cm³/mol. The molecule has 8 nitrogen and oxygen atoms in total. The molecule has 3 aromatic rings. The van der Waals surface area contributed by atoms with Gasteiger partial charge in [0.15, 0.2) is 0 Å². The van der Waals surface area contributed by atoms with Crippen molar-refractivity contribution in [1.82, 2.24) is 20.0 Å². The van der Waals surface area contributed by atoms with Crippen LogP contribution in [0.1, 0.15) is 72.5 Å². The molecule has 0 aromatic heterocycles. The summed E-state index contributed by atoms with van der Waals surface area (Å²) in [6.07, 6.45) is 2.22. The molecule has 0 radical (unpaired) electrons. The first-order valence-electron chi connectivity index (χ1n) is 15.1. The van der Waals surface area contributed by atoms with Crippen LogP contribution in [-0.2, 0) is 27.5 Å². The van der Waals surface area contributed by atoms with Crippen molar-refractivity contribution in [2.24, 2.45) is 0 Å². The number of nitrogens with zero attached hydrogens (tertiary/aromatic N) is 3. The highest BCUT2D eigenvalue weighted by Crippen LogP contribution is 2.36. The van der Waals surface area contributed by atoms with Crippen molar-refractivity contribution in [3.63, 3.8) is 0 Å². The second-order valence-corrected chi connectivity index (χ2v) is 11.7. The van der Waals surface area contributed by atoms with Gasteiger partial charge >= 0.3 is 0 Å². The Morgan fingerprint density at radius 1 is 0.952 bits per heavy atom. The van der Waals surface area contributed by atoms with E-state index in [-0.39, 0.29) is 36.1 Å². The maximum atomic E-state index is 13.8. The lowest BCUT2D eigenvalue weighted by molar-refractivity contribution is -0.139. The molecule has 6 rings (SSSR count). The van der Waals surface area contributed by atoms with E-state index in [9.17, 15) is 19.2 Å². The minimum atomic E-state index is -0.625. The van der Waals surface area contributed by atoms with Gasteiger partial charge < -0.3 is 9.80 Å². The van der Waals surface area contributed by atoms with Crippen LogP contribution in [0.15, 0.2) is 60.7 Å². The lowest BCUT2D eigenvalue weighted by Crippen LogP contribution is -2.52. The fraction of sp³-hybridized carbons (Fsp3) is 0.412. The molecule has 218 valence electrons. The van der Waals surface area contributed by atoms with Gasteiger partial charge in [0.2, 0.25) is 17.7 Å². The van der Waals surface area contributed by atoms with Crippen molar-refractivity contribution in [3.8, 4) is 0 Å². The molecule has 2 saturated heterocycles. The number of rotatable bonds is 7. The van der Waals surface area contributed by atoms with Gasteiger partial charge in [-0.05, 0) is 85.2 Å². The van der Waals surface area contributed by atoms with E-state index in [2.05, 4.69) is 52.7 Å². The van der Waals surface area contributed by atoms with Crippen molar-refractivity contribution in [2.75, 3.05) is 19.6 Å². The van der Waals surface area contributed by atoms with E-state index in [1.807, 2.05) is 36.9 Å². The molecule has 4 amide bonds. The number of piperidine rings is 2. The number of benzene rings is 3. The number of carbonyl (C=O) groups excluding carboxylic acids is 4. The van der Waals surface area contributed by atoms with E-state index < -0.39 is 11.9 Å². The molecule has 3 unspecified atom stereocenters. The number of carbonyl (C=O) groups is 4. The number of hydrogen-bond donors (Lipinski definition) is 1. The van der Waals surface area contributed by atoms with Crippen LogP contribution in [-0.4, -0.2) is 70.0 Å². The highest BCUT2D eigenvalue weighted by atomic mass is 16.2. The fourth-order valence-corrected chi connectivity index (χ4v) is 6.93. The van der Waals surface area contributed by atoms with Crippen LogP contribution in [0.3, 0.4) is 0 Å². The smallest absolute Gasteiger partial charge is 0.255 e. The Labute approximate surface area is 246 Å². The largest absolute Gasteiger partial charge is 0.342 e. The second kappa shape index (κ2) is 11.7. The Kier molecular flexibility index (Phi) is 7.82. The Bertz CT molecular complexity index is 1550. The van der Waals surface area contributed by atoms with E-state index >= 15 is 0 Å². The van der Waals surface area contributed by atoms with E-state index in [4.69, 9.17) is 0 Å². The van der Waals surface area contributed by atoms with Crippen LogP contribution in [0, 0.1) is 0 Å². The number of hydrogen-bond acceptors (Lipinski definition) is 5. The van der Waals surface area contributed by atoms with Crippen LogP contribution in [0.4, 0.5) is 0 Å². The quantitative estimate of drug-likeness (QED) is 0.433. The molecule has 3 atom stereocenters. The molecule has 3 heterocycles. The first kappa shape index (κ1) is 28.1. The fourth-order valence-electron chi connectivity index (χ4n) is 6.93. The maximum Gasteiger partial charge on any atom is 0.255 e. The number of nitrogens with one attached hydrogen (secondary N) is 1. The van der Waals surface area contributed by atoms with Gasteiger partial charge in [-0.15, -0.1) is 0 Å². The van der Waals surface area contributed by atoms with E-state index in [1.165, 1.54) is 16.3 Å². The molecule has 0 spiro atoms. The van der Waals surface area contributed by atoms with Crippen molar-refractivity contribution >= 4 is 34.4 Å². The van der Waals surface area contributed by atoms with Crippen molar-refractivity contribution in [2.45, 2.75) is 70.6 Å². The Morgan fingerprint density at radius 2 is 1.74 bits per heavy atom. The third-order valence-electron chi connectivity index (χ3n) is 9.29. The lowest BCUT2D eigenvalue weighted by atomic mass is 9.83. The SMILES string of the molecule is CCN(CC)C(=O)C1CC(c2ccc3c(c2)CN(C2CCC(=O)NC2=O)C3=O)CCN1Cc1ccc2ccccc2c1. The summed E-state index contributed by atoms with van der Waals surface area (Å²) in [5.74, 6) is -0.489. The minimum absolute atomic E-state index is 0.161. The average Bonchev–Trinajstić information content (AvgIpc) is 3.33. The first-order chi connectivity index (χ1) is 20.4.